The first-order valence-electron chi connectivity index (χ1n) is 7.76. The van der Waals surface area contributed by atoms with Crippen molar-refractivity contribution in [2.45, 2.75) is 6.04 Å². The van der Waals surface area contributed by atoms with E-state index in [0.717, 1.165) is 0 Å². The van der Waals surface area contributed by atoms with Gasteiger partial charge in [-0.25, -0.2) is 0 Å². The van der Waals surface area contributed by atoms with Gasteiger partial charge in [0, 0.05) is 5.56 Å². The first-order valence-corrected chi connectivity index (χ1v) is 7.76. The van der Waals surface area contributed by atoms with Crippen LogP contribution in [0, 0.1) is 0 Å². The predicted molar refractivity (Wildman–Crippen MR) is 93.1 cm³/mol. The molecule has 3 rings (SSSR count). The van der Waals surface area contributed by atoms with Crippen molar-refractivity contribution in [3.63, 3.8) is 0 Å². The van der Waals surface area contributed by atoms with E-state index in [1.807, 2.05) is 0 Å². The number of methoxy groups -OCH3 is 2. The van der Waals surface area contributed by atoms with E-state index in [1.54, 1.807) is 30.3 Å². The second kappa shape index (κ2) is 6.79. The zero-order valence-corrected chi connectivity index (χ0v) is 14.1. The van der Waals surface area contributed by atoms with Crippen LogP contribution in [0.25, 0.3) is 5.76 Å². The Morgan fingerprint density at radius 2 is 1.73 bits per heavy atom. The number of hydrogen-bond donors (Lipinski definition) is 3. The second-order valence-electron chi connectivity index (χ2n) is 5.66. The lowest BCUT2D eigenvalue weighted by Crippen LogP contribution is -2.21. The third-order valence-corrected chi connectivity index (χ3v) is 4.17. The number of Topliss-reactive ketones (excluding diaryl/α,β-unsaturated/α-hetero) is 1. The van der Waals surface area contributed by atoms with Gasteiger partial charge in [0.25, 0.3) is 11.7 Å². The van der Waals surface area contributed by atoms with E-state index in [1.165, 1.54) is 26.4 Å². The monoisotopic (exact) mass is 355 g/mol. The van der Waals surface area contributed by atoms with Crippen LogP contribution in [0.5, 0.6) is 17.2 Å². The number of aliphatic hydroxyl groups excluding tert-OH is 1. The summed E-state index contributed by atoms with van der Waals surface area (Å²) in [4.78, 5) is 24.2. The van der Waals surface area contributed by atoms with E-state index in [9.17, 15) is 19.8 Å². The summed E-state index contributed by atoms with van der Waals surface area (Å²) < 4.78 is 10.1. The van der Waals surface area contributed by atoms with E-state index in [4.69, 9.17) is 9.47 Å². The zero-order chi connectivity index (χ0) is 18.8. The number of benzene rings is 2. The molecule has 2 aromatic carbocycles. The molecular formula is C19H17NO6. The number of rotatable bonds is 4. The average Bonchev–Trinajstić information content (AvgIpc) is 2.96. The Labute approximate surface area is 149 Å². The molecule has 1 amide bonds. The lowest BCUT2D eigenvalue weighted by molar-refractivity contribution is -0.133. The highest BCUT2D eigenvalue weighted by Gasteiger charge is 2.39. The molecule has 0 radical (unpaired) electrons. The quantitative estimate of drug-likeness (QED) is 0.441. The molecule has 1 heterocycles. The topological polar surface area (TPSA) is 105 Å². The van der Waals surface area contributed by atoms with Gasteiger partial charge in [-0.2, -0.15) is 0 Å². The molecule has 1 aliphatic heterocycles. The molecule has 134 valence electrons. The normalized spacial score (nSPS) is 18.5. The van der Waals surface area contributed by atoms with Gasteiger partial charge < -0.3 is 25.0 Å². The van der Waals surface area contributed by atoms with Crippen LogP contribution >= 0.6 is 0 Å². The van der Waals surface area contributed by atoms with E-state index >= 15 is 0 Å². The number of ketones is 1. The highest BCUT2D eigenvalue weighted by atomic mass is 16.5. The Morgan fingerprint density at radius 1 is 1.04 bits per heavy atom. The summed E-state index contributed by atoms with van der Waals surface area (Å²) in [7, 11) is 2.91. The minimum absolute atomic E-state index is 0.0621. The van der Waals surface area contributed by atoms with Crippen molar-refractivity contribution < 1.29 is 29.3 Å². The third-order valence-electron chi connectivity index (χ3n) is 4.17. The van der Waals surface area contributed by atoms with Crippen LogP contribution in [-0.2, 0) is 9.59 Å². The zero-order valence-electron chi connectivity index (χ0n) is 14.1. The maximum absolute atomic E-state index is 12.3. The van der Waals surface area contributed by atoms with E-state index < -0.39 is 17.7 Å². The van der Waals surface area contributed by atoms with E-state index in [-0.39, 0.29) is 22.8 Å². The first-order chi connectivity index (χ1) is 12.5. The number of aliphatic hydroxyl groups is 1. The Balaban J connectivity index is 2.09. The minimum Gasteiger partial charge on any atom is -0.507 e. The molecule has 7 nitrogen and oxygen atoms in total. The number of carbonyl (C=O) groups is 2. The summed E-state index contributed by atoms with van der Waals surface area (Å²) >= 11 is 0. The van der Waals surface area contributed by atoms with Crippen molar-refractivity contribution in [3.05, 3.63) is 59.2 Å². The van der Waals surface area contributed by atoms with Crippen LogP contribution in [0.4, 0.5) is 0 Å². The molecule has 0 unspecified atom stereocenters. The molecular weight excluding hydrogens is 338 g/mol. The van der Waals surface area contributed by atoms with Crippen molar-refractivity contribution >= 4 is 17.4 Å². The number of amides is 1. The summed E-state index contributed by atoms with van der Waals surface area (Å²) in [5, 5.41) is 22.9. The fourth-order valence-corrected chi connectivity index (χ4v) is 2.79. The van der Waals surface area contributed by atoms with Crippen molar-refractivity contribution in [2.75, 3.05) is 14.2 Å². The van der Waals surface area contributed by atoms with Gasteiger partial charge in [0.2, 0.25) is 0 Å². The molecule has 0 saturated carbocycles. The SMILES string of the molecule is COc1ccc(C(O)=C2C(=O)C(=O)N[C@@H]2c2ccc(O)c(OC)c2)cc1. The van der Waals surface area contributed by atoms with Gasteiger partial charge in [0.1, 0.15) is 11.5 Å². The smallest absolute Gasteiger partial charge is 0.293 e. The summed E-state index contributed by atoms with van der Waals surface area (Å²) in [6.45, 7) is 0. The molecule has 7 heteroatoms. The number of ether oxygens (including phenoxy) is 2. The summed E-state index contributed by atoms with van der Waals surface area (Å²) in [6, 6.07) is 10.0. The highest BCUT2D eigenvalue weighted by Crippen LogP contribution is 2.36. The highest BCUT2D eigenvalue weighted by molar-refractivity contribution is 6.46. The molecule has 1 aliphatic rings. The number of phenols is 1. The van der Waals surface area contributed by atoms with Gasteiger partial charge in [-0.1, -0.05) is 6.07 Å². The largest absolute Gasteiger partial charge is 0.507 e. The first kappa shape index (κ1) is 17.3. The van der Waals surface area contributed by atoms with Crippen LogP contribution in [0.15, 0.2) is 48.0 Å². The van der Waals surface area contributed by atoms with Gasteiger partial charge in [-0.3, -0.25) is 9.59 Å². The Kier molecular flexibility index (Phi) is 4.53. The Morgan fingerprint density at radius 3 is 2.35 bits per heavy atom. The molecule has 2 aromatic rings. The fraction of sp³-hybridized carbons (Fsp3) is 0.158. The van der Waals surface area contributed by atoms with Crippen molar-refractivity contribution in [2.24, 2.45) is 0 Å². The molecule has 26 heavy (non-hydrogen) atoms. The molecule has 3 N–H and O–H groups in total. The van der Waals surface area contributed by atoms with Crippen LogP contribution in [-0.4, -0.2) is 36.1 Å². The Bertz CT molecular complexity index is 901. The van der Waals surface area contributed by atoms with Gasteiger partial charge in [0.05, 0.1) is 25.8 Å². The van der Waals surface area contributed by atoms with E-state index in [0.29, 0.717) is 16.9 Å². The second-order valence-corrected chi connectivity index (χ2v) is 5.66. The van der Waals surface area contributed by atoms with Crippen molar-refractivity contribution in [1.29, 1.82) is 0 Å². The van der Waals surface area contributed by atoms with Gasteiger partial charge in [-0.05, 0) is 42.0 Å². The number of aromatic hydroxyl groups is 1. The predicted octanol–water partition coefficient (Wildman–Crippen LogP) is 2.12. The molecule has 0 spiro atoms. The average molecular weight is 355 g/mol. The van der Waals surface area contributed by atoms with E-state index in [2.05, 4.69) is 5.32 Å². The number of phenolic OH excluding ortho intramolecular Hbond substituents is 1. The molecule has 1 atom stereocenters. The Hall–Kier alpha value is -3.48. The van der Waals surface area contributed by atoms with Crippen LogP contribution < -0.4 is 14.8 Å². The van der Waals surface area contributed by atoms with Crippen LogP contribution in [0.3, 0.4) is 0 Å². The lowest BCUT2D eigenvalue weighted by atomic mass is 9.95. The molecule has 0 bridgehead atoms. The molecule has 1 fully saturated rings. The molecule has 0 aromatic heterocycles. The molecule has 1 saturated heterocycles. The van der Waals surface area contributed by atoms with Gasteiger partial charge in [0.15, 0.2) is 11.5 Å². The molecule has 0 aliphatic carbocycles. The summed E-state index contributed by atoms with van der Waals surface area (Å²) in [6.07, 6.45) is 0. The number of hydrogen-bond acceptors (Lipinski definition) is 6. The van der Waals surface area contributed by atoms with Gasteiger partial charge in [-0.15, -0.1) is 0 Å². The minimum atomic E-state index is -0.855. The van der Waals surface area contributed by atoms with Crippen LogP contribution in [0.2, 0.25) is 0 Å². The third kappa shape index (κ3) is 2.95. The fourth-order valence-electron chi connectivity index (χ4n) is 2.79. The maximum atomic E-state index is 12.3. The number of carbonyl (C=O) groups excluding carboxylic acids is 2. The number of nitrogens with one attached hydrogen (secondary N) is 1. The lowest BCUT2D eigenvalue weighted by Gasteiger charge is -2.15. The van der Waals surface area contributed by atoms with Crippen molar-refractivity contribution in [1.82, 2.24) is 5.32 Å². The standard InChI is InChI=1S/C19H17NO6/c1-25-12-6-3-10(4-7-12)17(22)15-16(20-19(24)18(15)23)11-5-8-13(21)14(9-11)26-2/h3-9,16,21-22H,1-2H3,(H,20,24)/t16-/m1/s1. The maximum Gasteiger partial charge on any atom is 0.293 e. The van der Waals surface area contributed by atoms with Gasteiger partial charge >= 0.3 is 0 Å². The van der Waals surface area contributed by atoms with Crippen LogP contribution in [0.1, 0.15) is 17.2 Å². The summed E-state index contributed by atoms with van der Waals surface area (Å²) in [5.74, 6) is -1.20. The van der Waals surface area contributed by atoms with Crippen molar-refractivity contribution in [3.8, 4) is 17.2 Å². The summed E-state index contributed by atoms with van der Waals surface area (Å²) in [5.41, 5.74) is 0.809.